The van der Waals surface area contributed by atoms with Gasteiger partial charge in [-0.3, -0.25) is 0 Å². The summed E-state index contributed by atoms with van der Waals surface area (Å²) in [5.41, 5.74) is 0. The first-order chi connectivity index (χ1) is 1.91. The Hall–Kier alpha value is -0.440. The average Bonchev–Trinajstić information content (AvgIpc) is 1.37. The van der Waals surface area contributed by atoms with Crippen molar-refractivity contribution in [2.24, 2.45) is 0 Å². The number of hydrogen-bond acceptors (Lipinski definition) is 0. The van der Waals surface area contributed by atoms with Crippen LogP contribution < -0.4 is 0 Å². The summed E-state index contributed by atoms with van der Waals surface area (Å²) in [5, 5.41) is 0. The predicted molar refractivity (Wildman–Crippen MR) is 18.8 cm³/mol. The van der Waals surface area contributed by atoms with Gasteiger partial charge in [-0.15, -0.1) is 12.3 Å². The number of terminal acetylenes is 1. The fourth-order valence-corrected chi connectivity index (χ4v) is 0. The van der Waals surface area contributed by atoms with Crippen LogP contribution in [0.2, 0.25) is 0 Å². The molecule has 0 fully saturated rings. The molecule has 0 spiro atoms. The average molecular weight is 53.1 g/mol. The summed E-state index contributed by atoms with van der Waals surface area (Å²) >= 11 is 0. The minimum atomic E-state index is 1.65. The van der Waals surface area contributed by atoms with Crippen molar-refractivity contribution in [1.82, 2.24) is 0 Å². The van der Waals surface area contributed by atoms with Gasteiger partial charge in [-0.2, -0.15) is 0 Å². The summed E-state index contributed by atoms with van der Waals surface area (Å²) in [5.74, 6) is 2.31. The molecule has 0 aliphatic rings. The Balaban J connectivity index is 2.43. The van der Waals surface area contributed by atoms with Crippen LogP contribution in [0.1, 0.15) is 6.92 Å². The van der Waals surface area contributed by atoms with Crippen LogP contribution in [0.4, 0.5) is 0 Å². The molecule has 0 unspecified atom stereocenters. The monoisotopic (exact) mass is 53.0 g/mol. The van der Waals surface area contributed by atoms with Crippen molar-refractivity contribution in [3.63, 3.8) is 0 Å². The predicted octanol–water partition coefficient (Wildman–Crippen LogP) is 0.844. The molecule has 0 amide bonds. The highest BCUT2D eigenvalue weighted by molar-refractivity contribution is 4.96. The van der Waals surface area contributed by atoms with Crippen LogP contribution in [-0.4, -0.2) is 0 Å². The number of hydrogen-bond donors (Lipinski definition) is 0. The number of rotatable bonds is 0. The summed E-state index contributed by atoms with van der Waals surface area (Å²) in [6.45, 7) is 1.82. The molecule has 0 bridgehead atoms. The van der Waals surface area contributed by atoms with E-state index < -0.39 is 0 Å². The van der Waals surface area contributed by atoms with E-state index in [0.29, 0.717) is 0 Å². The standard InChI is InChI=1S/C4H5/c1-3-4-2/h1,4H,2H3. The second kappa shape index (κ2) is 2.56. The van der Waals surface area contributed by atoms with E-state index in [0.717, 1.165) is 0 Å². The van der Waals surface area contributed by atoms with Gasteiger partial charge in [0, 0.05) is 6.42 Å². The van der Waals surface area contributed by atoms with Gasteiger partial charge >= 0.3 is 0 Å². The maximum atomic E-state index is 4.72. The minimum absolute atomic E-state index is 1.65. The lowest BCUT2D eigenvalue weighted by Crippen LogP contribution is -1.41. The summed E-state index contributed by atoms with van der Waals surface area (Å²) in [6.07, 6.45) is 6.38. The first-order valence-corrected chi connectivity index (χ1v) is 1.15. The fourth-order valence-electron chi connectivity index (χ4n) is 0. The van der Waals surface area contributed by atoms with E-state index in [1.165, 1.54) is 0 Å². The van der Waals surface area contributed by atoms with Gasteiger partial charge in [0.15, 0.2) is 0 Å². The molecule has 0 atom stereocenters. The zero-order valence-electron chi connectivity index (χ0n) is 2.65. The smallest absolute Gasteiger partial charge is 0.0306 e. The molecule has 0 aromatic carbocycles. The van der Waals surface area contributed by atoms with Gasteiger partial charge in [0.1, 0.15) is 0 Å². The molecule has 0 saturated carbocycles. The van der Waals surface area contributed by atoms with Gasteiger partial charge in [-0.25, -0.2) is 0 Å². The third-order valence-corrected chi connectivity index (χ3v) is 0.167. The summed E-state index contributed by atoms with van der Waals surface area (Å²) in [4.78, 5) is 0. The molecular weight excluding hydrogens is 48.0 g/mol. The van der Waals surface area contributed by atoms with Gasteiger partial charge in [-0.05, 0) is 0 Å². The highest BCUT2D eigenvalue weighted by Gasteiger charge is 1.45. The van der Waals surface area contributed by atoms with Gasteiger partial charge in [0.05, 0.1) is 0 Å². The molecule has 0 aromatic heterocycles. The normalized spacial score (nSPS) is 5.00. The fraction of sp³-hybridized carbons (Fsp3) is 0.250. The van der Waals surface area contributed by atoms with Gasteiger partial charge in [-0.1, -0.05) is 6.92 Å². The molecule has 21 valence electrons. The van der Waals surface area contributed by atoms with Crippen molar-refractivity contribution < 1.29 is 0 Å². The van der Waals surface area contributed by atoms with Crippen molar-refractivity contribution in [2.45, 2.75) is 6.92 Å². The molecule has 0 saturated heterocycles. The zero-order valence-corrected chi connectivity index (χ0v) is 2.65. The quantitative estimate of drug-likeness (QED) is 0.359. The lowest BCUT2D eigenvalue weighted by molar-refractivity contribution is 1.63. The highest BCUT2D eigenvalue weighted by Crippen LogP contribution is 1.55. The molecule has 0 heteroatoms. The molecular formula is C4H5. The van der Waals surface area contributed by atoms with Crippen LogP contribution in [-0.2, 0) is 0 Å². The van der Waals surface area contributed by atoms with Crippen LogP contribution in [0.5, 0.6) is 0 Å². The lowest BCUT2D eigenvalue weighted by atomic mass is 10.5. The van der Waals surface area contributed by atoms with E-state index in [1.807, 2.05) is 6.92 Å². The third kappa shape index (κ3) is 1.56. The topological polar surface area (TPSA) is 0 Å². The lowest BCUT2D eigenvalue weighted by Gasteiger charge is -1.51. The molecule has 0 rings (SSSR count). The minimum Gasteiger partial charge on any atom is -0.120 e. The van der Waals surface area contributed by atoms with E-state index in [1.54, 1.807) is 6.42 Å². The molecule has 0 N–H and O–H groups in total. The Morgan fingerprint density at radius 1 is 2.00 bits per heavy atom. The molecule has 0 heterocycles. The van der Waals surface area contributed by atoms with E-state index in [4.69, 9.17) is 6.42 Å². The third-order valence-electron chi connectivity index (χ3n) is 0.167. The molecule has 0 aromatic rings. The molecule has 1 radical (unpaired) electrons. The van der Waals surface area contributed by atoms with Crippen LogP contribution in [0.25, 0.3) is 0 Å². The van der Waals surface area contributed by atoms with Gasteiger partial charge in [0.2, 0.25) is 0 Å². The summed E-state index contributed by atoms with van der Waals surface area (Å²) < 4.78 is 0. The maximum absolute atomic E-state index is 4.72. The Bertz CT molecular complexity index is 29.8. The molecule has 0 aliphatic carbocycles. The highest BCUT2D eigenvalue weighted by atomic mass is 13.5. The van der Waals surface area contributed by atoms with Gasteiger partial charge in [0.25, 0.3) is 0 Å². The first-order valence-electron chi connectivity index (χ1n) is 1.15. The summed E-state index contributed by atoms with van der Waals surface area (Å²) in [7, 11) is 0. The van der Waals surface area contributed by atoms with Crippen molar-refractivity contribution in [3.05, 3.63) is 6.42 Å². The van der Waals surface area contributed by atoms with Crippen molar-refractivity contribution in [1.29, 1.82) is 0 Å². The summed E-state index contributed by atoms with van der Waals surface area (Å²) in [6, 6.07) is 0. The molecule has 4 heavy (non-hydrogen) atoms. The van der Waals surface area contributed by atoms with Gasteiger partial charge < -0.3 is 0 Å². The van der Waals surface area contributed by atoms with Crippen LogP contribution in [0, 0.1) is 18.8 Å². The zero-order chi connectivity index (χ0) is 3.41. The van der Waals surface area contributed by atoms with Crippen molar-refractivity contribution >= 4 is 0 Å². The maximum Gasteiger partial charge on any atom is 0.0306 e. The Morgan fingerprint density at radius 3 is 2.25 bits per heavy atom. The van der Waals surface area contributed by atoms with Crippen LogP contribution in [0.3, 0.4) is 0 Å². The molecule has 0 nitrogen and oxygen atoms in total. The van der Waals surface area contributed by atoms with E-state index in [2.05, 4.69) is 5.92 Å². The SMILES string of the molecule is C#C[CH]C. The molecule has 0 aliphatic heterocycles. The first kappa shape index (κ1) is 3.56. The Labute approximate surface area is 26.8 Å². The van der Waals surface area contributed by atoms with E-state index >= 15 is 0 Å². The second-order valence-corrected chi connectivity index (χ2v) is 0.455. The largest absolute Gasteiger partial charge is 0.120 e. The van der Waals surface area contributed by atoms with Crippen LogP contribution >= 0.6 is 0 Å². The van der Waals surface area contributed by atoms with E-state index in [9.17, 15) is 0 Å². The van der Waals surface area contributed by atoms with Crippen molar-refractivity contribution in [3.8, 4) is 12.3 Å². The second-order valence-electron chi connectivity index (χ2n) is 0.455. The Kier molecular flexibility index (Phi) is 2.28. The Morgan fingerprint density at radius 2 is 2.25 bits per heavy atom. The van der Waals surface area contributed by atoms with Crippen molar-refractivity contribution in [2.75, 3.05) is 0 Å². The van der Waals surface area contributed by atoms with Crippen LogP contribution in [0.15, 0.2) is 0 Å². The van der Waals surface area contributed by atoms with E-state index in [-0.39, 0.29) is 0 Å².